The fraction of sp³-hybridized carbons (Fsp3) is 0.192. The van der Waals surface area contributed by atoms with Crippen LogP contribution in [0.25, 0.3) is 16.6 Å². The van der Waals surface area contributed by atoms with Crippen molar-refractivity contribution in [1.29, 1.82) is 0 Å². The van der Waals surface area contributed by atoms with Gasteiger partial charge in [-0.1, -0.05) is 65.8 Å². The molecule has 168 valence electrons. The lowest BCUT2D eigenvalue weighted by atomic mass is 10.1. The van der Waals surface area contributed by atoms with E-state index in [0.29, 0.717) is 26.8 Å². The highest BCUT2D eigenvalue weighted by Gasteiger charge is 2.15. The summed E-state index contributed by atoms with van der Waals surface area (Å²) in [6.45, 7) is 2.00. The predicted molar refractivity (Wildman–Crippen MR) is 135 cm³/mol. The summed E-state index contributed by atoms with van der Waals surface area (Å²) in [5, 5.41) is 4.62. The second-order valence-electron chi connectivity index (χ2n) is 7.81. The number of carbonyl (C=O) groups is 1. The van der Waals surface area contributed by atoms with E-state index in [1.807, 2.05) is 37.3 Å². The SMILES string of the molecule is CC(CCc1ccccc1)NC(=O)CSc1nc2ccccc2c(=O)n1-c1ccc(Cl)cc1. The van der Waals surface area contributed by atoms with Crippen molar-refractivity contribution in [2.75, 3.05) is 5.75 Å². The maximum atomic E-state index is 13.3. The first kappa shape index (κ1) is 23.1. The number of halogens is 1. The molecule has 33 heavy (non-hydrogen) atoms. The van der Waals surface area contributed by atoms with Crippen LogP contribution in [-0.2, 0) is 11.2 Å². The Morgan fingerprint density at radius 2 is 1.73 bits per heavy atom. The molecule has 0 spiro atoms. The zero-order valence-corrected chi connectivity index (χ0v) is 19.8. The Hall–Kier alpha value is -3.09. The number of aryl methyl sites for hydroxylation is 1. The Morgan fingerprint density at radius 3 is 2.48 bits per heavy atom. The van der Waals surface area contributed by atoms with Crippen molar-refractivity contribution < 1.29 is 4.79 Å². The first-order valence-electron chi connectivity index (χ1n) is 10.7. The summed E-state index contributed by atoms with van der Waals surface area (Å²) in [6, 6.07) is 24.5. The number of hydrogen-bond acceptors (Lipinski definition) is 4. The number of nitrogens with one attached hydrogen (secondary N) is 1. The van der Waals surface area contributed by atoms with Crippen LogP contribution in [0.5, 0.6) is 0 Å². The van der Waals surface area contributed by atoms with Gasteiger partial charge in [0.05, 0.1) is 22.3 Å². The lowest BCUT2D eigenvalue weighted by Gasteiger charge is -2.15. The average Bonchev–Trinajstić information content (AvgIpc) is 2.83. The van der Waals surface area contributed by atoms with Crippen LogP contribution >= 0.6 is 23.4 Å². The van der Waals surface area contributed by atoms with Gasteiger partial charge in [-0.05, 0) is 61.7 Å². The Balaban J connectivity index is 1.49. The summed E-state index contributed by atoms with van der Waals surface area (Å²) in [4.78, 5) is 30.5. The van der Waals surface area contributed by atoms with Crippen molar-refractivity contribution in [3.05, 3.63) is 99.8 Å². The standard InChI is InChI=1S/C26H24ClN3O2S/c1-18(11-12-19-7-3-2-4-8-19)28-24(31)17-33-26-29-23-10-6-5-9-22(23)25(32)30(26)21-15-13-20(27)14-16-21/h2-10,13-16,18H,11-12,17H2,1H3,(H,28,31). The molecule has 0 fully saturated rings. The number of amides is 1. The van der Waals surface area contributed by atoms with Gasteiger partial charge in [-0.3, -0.25) is 14.2 Å². The number of nitrogens with zero attached hydrogens (tertiary/aromatic N) is 2. The molecule has 0 aliphatic heterocycles. The van der Waals surface area contributed by atoms with Gasteiger partial charge < -0.3 is 5.32 Å². The maximum absolute atomic E-state index is 13.3. The van der Waals surface area contributed by atoms with Crippen molar-refractivity contribution in [2.45, 2.75) is 31.0 Å². The van der Waals surface area contributed by atoms with Gasteiger partial charge >= 0.3 is 0 Å². The van der Waals surface area contributed by atoms with E-state index in [0.717, 1.165) is 12.8 Å². The Kier molecular flexibility index (Phi) is 7.47. The summed E-state index contributed by atoms with van der Waals surface area (Å²) in [6.07, 6.45) is 1.75. The topological polar surface area (TPSA) is 64.0 Å². The minimum Gasteiger partial charge on any atom is -0.353 e. The number of fused-ring (bicyclic) bond motifs is 1. The molecule has 0 aliphatic carbocycles. The molecule has 1 heterocycles. The van der Waals surface area contributed by atoms with Crippen molar-refractivity contribution in [2.24, 2.45) is 0 Å². The van der Waals surface area contributed by atoms with Crippen molar-refractivity contribution >= 4 is 40.2 Å². The smallest absolute Gasteiger partial charge is 0.266 e. The molecule has 0 saturated carbocycles. The third-order valence-electron chi connectivity index (χ3n) is 5.28. The second kappa shape index (κ2) is 10.7. The molecule has 1 amide bonds. The third-order valence-corrected chi connectivity index (χ3v) is 6.47. The van der Waals surface area contributed by atoms with Crippen molar-refractivity contribution in [1.82, 2.24) is 14.9 Å². The number of aromatic nitrogens is 2. The van der Waals surface area contributed by atoms with Crippen LogP contribution in [0.15, 0.2) is 88.8 Å². The summed E-state index contributed by atoms with van der Waals surface area (Å²) in [5.74, 6) is 0.0687. The van der Waals surface area contributed by atoms with Crippen LogP contribution in [0.1, 0.15) is 18.9 Å². The van der Waals surface area contributed by atoms with Gasteiger partial charge in [0.25, 0.3) is 5.56 Å². The van der Waals surface area contributed by atoms with E-state index in [4.69, 9.17) is 11.6 Å². The number of rotatable bonds is 8. The van der Waals surface area contributed by atoms with Crippen LogP contribution in [0.4, 0.5) is 0 Å². The van der Waals surface area contributed by atoms with Crippen LogP contribution in [0, 0.1) is 0 Å². The van der Waals surface area contributed by atoms with Gasteiger partial charge in [-0.2, -0.15) is 0 Å². The molecule has 1 aromatic heterocycles. The molecule has 5 nitrogen and oxygen atoms in total. The minimum atomic E-state index is -0.179. The van der Waals surface area contributed by atoms with E-state index >= 15 is 0 Å². The number of hydrogen-bond donors (Lipinski definition) is 1. The summed E-state index contributed by atoms with van der Waals surface area (Å²) in [7, 11) is 0. The number of thioether (sulfide) groups is 1. The van der Waals surface area contributed by atoms with E-state index in [1.54, 1.807) is 36.4 Å². The van der Waals surface area contributed by atoms with E-state index in [9.17, 15) is 9.59 Å². The Bertz CT molecular complexity index is 1310. The molecule has 1 atom stereocenters. The van der Waals surface area contributed by atoms with E-state index in [2.05, 4.69) is 22.4 Å². The lowest BCUT2D eigenvalue weighted by Crippen LogP contribution is -2.34. The first-order chi connectivity index (χ1) is 16.0. The molecule has 7 heteroatoms. The van der Waals surface area contributed by atoms with Crippen LogP contribution in [0.2, 0.25) is 5.02 Å². The summed E-state index contributed by atoms with van der Waals surface area (Å²) in [5.41, 5.74) is 2.33. The largest absolute Gasteiger partial charge is 0.353 e. The lowest BCUT2D eigenvalue weighted by molar-refractivity contribution is -0.119. The fourth-order valence-corrected chi connectivity index (χ4v) is 4.52. The van der Waals surface area contributed by atoms with Gasteiger partial charge in [0.15, 0.2) is 5.16 Å². The van der Waals surface area contributed by atoms with E-state index in [-0.39, 0.29) is 23.3 Å². The molecule has 0 saturated heterocycles. The molecule has 0 aliphatic rings. The summed E-state index contributed by atoms with van der Waals surface area (Å²) >= 11 is 7.27. The molecule has 0 bridgehead atoms. The van der Waals surface area contributed by atoms with Gasteiger partial charge in [0.1, 0.15) is 0 Å². The van der Waals surface area contributed by atoms with Crippen LogP contribution < -0.4 is 10.9 Å². The van der Waals surface area contributed by atoms with Crippen molar-refractivity contribution in [3.8, 4) is 5.69 Å². The molecule has 3 aromatic carbocycles. The zero-order valence-electron chi connectivity index (χ0n) is 18.2. The van der Waals surface area contributed by atoms with Gasteiger partial charge in [0.2, 0.25) is 5.91 Å². The third kappa shape index (κ3) is 5.83. The van der Waals surface area contributed by atoms with Crippen molar-refractivity contribution in [3.63, 3.8) is 0 Å². The maximum Gasteiger partial charge on any atom is 0.266 e. The van der Waals surface area contributed by atoms with E-state index < -0.39 is 0 Å². The van der Waals surface area contributed by atoms with Gasteiger partial charge in [-0.15, -0.1) is 0 Å². The molecule has 0 radical (unpaired) electrons. The normalized spacial score (nSPS) is 11.9. The predicted octanol–water partition coefficient (Wildman–Crippen LogP) is 5.27. The molecule has 4 rings (SSSR count). The van der Waals surface area contributed by atoms with Crippen LogP contribution in [-0.4, -0.2) is 27.3 Å². The highest BCUT2D eigenvalue weighted by molar-refractivity contribution is 7.99. The molecule has 1 unspecified atom stereocenters. The van der Waals surface area contributed by atoms with Gasteiger partial charge in [0, 0.05) is 11.1 Å². The average molecular weight is 478 g/mol. The molecular formula is C26H24ClN3O2S. The Morgan fingerprint density at radius 1 is 1.03 bits per heavy atom. The highest BCUT2D eigenvalue weighted by Crippen LogP contribution is 2.22. The minimum absolute atomic E-state index is 0.0429. The quantitative estimate of drug-likeness (QED) is 0.277. The number of para-hydroxylation sites is 1. The fourth-order valence-electron chi connectivity index (χ4n) is 3.57. The van der Waals surface area contributed by atoms with E-state index in [1.165, 1.54) is 21.9 Å². The highest BCUT2D eigenvalue weighted by atomic mass is 35.5. The zero-order chi connectivity index (χ0) is 23.2. The monoisotopic (exact) mass is 477 g/mol. The Labute approximate surface area is 201 Å². The molecule has 4 aromatic rings. The molecule has 1 N–H and O–H groups in total. The van der Waals surface area contributed by atoms with Crippen LogP contribution in [0.3, 0.4) is 0 Å². The number of carbonyl (C=O) groups excluding carboxylic acids is 1. The molecular weight excluding hydrogens is 454 g/mol. The van der Waals surface area contributed by atoms with Gasteiger partial charge in [-0.25, -0.2) is 4.98 Å². The summed E-state index contributed by atoms with van der Waals surface area (Å²) < 4.78 is 1.54. The first-order valence-corrected chi connectivity index (χ1v) is 12.1. The second-order valence-corrected chi connectivity index (χ2v) is 9.19. The number of benzene rings is 3.